The first-order valence-corrected chi connectivity index (χ1v) is 30.0. The average molecular weight is 1110 g/mol. The minimum atomic E-state index is 0.168. The Morgan fingerprint density at radius 1 is 0.244 bits per heavy atom. The molecule has 0 N–H and O–H groups in total. The Hall–Kier alpha value is -10.7. The summed E-state index contributed by atoms with van der Waals surface area (Å²) in [5, 5.41) is 11.6. The first-order chi connectivity index (χ1) is 42.3. The second kappa shape index (κ2) is 20.6. The summed E-state index contributed by atoms with van der Waals surface area (Å²) >= 11 is 0. The smallest absolute Gasteiger partial charge is 0.159 e. The monoisotopic (exact) mass is 1100 g/mol. The van der Waals surface area contributed by atoms with Crippen LogP contribution in [0.4, 0.5) is 34.1 Å². The van der Waals surface area contributed by atoms with Gasteiger partial charge in [0.15, 0.2) is 11.2 Å². The van der Waals surface area contributed by atoms with Crippen LogP contribution in [0.5, 0.6) is 0 Å². The Morgan fingerprint density at radius 3 is 0.907 bits per heavy atom. The topological polar surface area (TPSA) is 32.8 Å². The molecule has 0 bridgehead atoms. The van der Waals surface area contributed by atoms with Crippen molar-refractivity contribution in [2.75, 3.05) is 9.80 Å². The number of anilines is 6. The van der Waals surface area contributed by atoms with Crippen molar-refractivity contribution in [2.45, 2.75) is 39.5 Å². The van der Waals surface area contributed by atoms with E-state index in [2.05, 4.69) is 317 Å². The Bertz CT molecular complexity index is 4790. The van der Waals surface area contributed by atoms with Gasteiger partial charge >= 0.3 is 0 Å². The Kier molecular flexibility index (Phi) is 12.2. The van der Waals surface area contributed by atoms with E-state index in [9.17, 15) is 0 Å². The normalized spacial score (nSPS) is 11.9. The third kappa shape index (κ3) is 8.43. The van der Waals surface area contributed by atoms with E-state index in [-0.39, 0.29) is 11.8 Å². The Balaban J connectivity index is 1.04. The quantitative estimate of drug-likeness (QED) is 0.114. The molecule has 0 atom stereocenters. The number of furan rings is 2. The standard InChI is InChI=1S/C82H60N2O2/c1-51(2)71-49-75(83(73-35-21-33-67-63-31-17-19-37-77(63)85-81(67)73)61-45-57(53-23-9-5-10-24-53)43-58(46-61)54-25-11-6-12-26-54)69-42-40-66-72(52(3)4)50-76(70-41-39-65(71)79(69)80(66)70)84(74-36-22-34-68-64-32-18-20-38-78(64)86-82(68)74)62-47-59(55-27-13-7-14-28-55)44-60(48-62)56-29-15-8-16-30-56/h5-52H,1-4H3. The molecule has 2 aromatic heterocycles. The van der Waals surface area contributed by atoms with Crippen molar-refractivity contribution in [3.05, 3.63) is 290 Å². The summed E-state index contributed by atoms with van der Waals surface area (Å²) in [7, 11) is 0. The molecular formula is C82H60N2O2. The average Bonchev–Trinajstić information content (AvgIpc) is 2.07. The molecule has 0 amide bonds. The van der Waals surface area contributed by atoms with Crippen molar-refractivity contribution in [3.8, 4) is 44.5 Å². The summed E-state index contributed by atoms with van der Waals surface area (Å²) in [6.07, 6.45) is 0. The summed E-state index contributed by atoms with van der Waals surface area (Å²) in [6, 6.07) is 102. The molecule has 0 saturated carbocycles. The van der Waals surface area contributed by atoms with Crippen molar-refractivity contribution >= 4 is 110 Å². The summed E-state index contributed by atoms with van der Waals surface area (Å²) in [5.74, 6) is 0.335. The lowest BCUT2D eigenvalue weighted by atomic mass is 9.84. The number of para-hydroxylation sites is 4. The minimum absolute atomic E-state index is 0.168. The molecule has 4 nitrogen and oxygen atoms in total. The first kappa shape index (κ1) is 51.0. The minimum Gasteiger partial charge on any atom is -0.454 e. The highest BCUT2D eigenvalue weighted by Crippen LogP contribution is 2.54. The summed E-state index contributed by atoms with van der Waals surface area (Å²) < 4.78 is 14.2. The van der Waals surface area contributed by atoms with Gasteiger partial charge in [-0.15, -0.1) is 0 Å². The molecule has 16 aromatic rings. The third-order valence-electron chi connectivity index (χ3n) is 17.7. The van der Waals surface area contributed by atoms with Crippen molar-refractivity contribution in [1.82, 2.24) is 0 Å². The Labute approximate surface area is 500 Å². The summed E-state index contributed by atoms with van der Waals surface area (Å²) in [6.45, 7) is 9.37. The van der Waals surface area contributed by atoms with Gasteiger partial charge in [0.25, 0.3) is 0 Å². The lowest BCUT2D eigenvalue weighted by Gasteiger charge is -2.32. The maximum atomic E-state index is 7.08. The lowest BCUT2D eigenvalue weighted by Crippen LogP contribution is -2.13. The number of rotatable bonds is 12. The fraction of sp³-hybridized carbons (Fsp3) is 0.0732. The van der Waals surface area contributed by atoms with E-state index in [1.807, 2.05) is 0 Å². The van der Waals surface area contributed by atoms with Crippen LogP contribution in [-0.2, 0) is 0 Å². The molecule has 16 rings (SSSR count). The number of nitrogens with zero attached hydrogens (tertiary/aromatic N) is 2. The predicted octanol–water partition coefficient (Wildman–Crippen LogP) is 24.2. The van der Waals surface area contributed by atoms with Gasteiger partial charge in [-0.2, -0.15) is 0 Å². The largest absolute Gasteiger partial charge is 0.454 e. The molecule has 4 heteroatoms. The molecule has 86 heavy (non-hydrogen) atoms. The molecule has 0 radical (unpaired) electrons. The van der Waals surface area contributed by atoms with Crippen molar-refractivity contribution in [2.24, 2.45) is 0 Å². The SMILES string of the molecule is CC(C)c1cc(N(c2cc(-c3ccccc3)cc(-c3ccccc3)c2)c2cccc3c2oc2ccccc23)c2ccc3c(C(C)C)cc(N(c4cc(-c5ccccc5)cc(-c5ccccc5)c4)c4cccc5c4oc4ccccc45)c4ccc1c2c34. The van der Waals surface area contributed by atoms with Crippen molar-refractivity contribution in [3.63, 3.8) is 0 Å². The van der Waals surface area contributed by atoms with E-state index in [0.29, 0.717) is 0 Å². The highest BCUT2D eigenvalue weighted by Gasteiger charge is 2.30. The molecule has 0 fully saturated rings. The maximum Gasteiger partial charge on any atom is 0.159 e. The second-order valence-electron chi connectivity index (χ2n) is 23.5. The Morgan fingerprint density at radius 2 is 0.558 bits per heavy atom. The van der Waals surface area contributed by atoms with E-state index in [1.165, 1.54) is 32.7 Å². The molecule has 0 unspecified atom stereocenters. The van der Waals surface area contributed by atoms with Crippen molar-refractivity contribution < 1.29 is 8.83 Å². The van der Waals surface area contributed by atoms with Gasteiger partial charge in [-0.05, 0) is 162 Å². The molecule has 0 aliphatic rings. The van der Waals surface area contributed by atoms with E-state index in [4.69, 9.17) is 8.83 Å². The zero-order valence-electron chi connectivity index (χ0n) is 48.4. The van der Waals surface area contributed by atoms with Gasteiger partial charge in [0.05, 0.1) is 22.7 Å². The number of benzene rings is 14. The molecule has 0 saturated heterocycles. The fourth-order valence-corrected chi connectivity index (χ4v) is 13.6. The number of fused-ring (bicyclic) bond motifs is 6. The zero-order chi connectivity index (χ0) is 57.6. The molecule has 14 aromatic carbocycles. The predicted molar refractivity (Wildman–Crippen MR) is 364 cm³/mol. The van der Waals surface area contributed by atoms with Gasteiger partial charge in [-0.3, -0.25) is 0 Å². The summed E-state index contributed by atoms with van der Waals surface area (Å²) in [5.41, 5.74) is 21.2. The number of hydrogen-bond acceptors (Lipinski definition) is 4. The van der Waals surface area contributed by atoms with Crippen LogP contribution in [0.3, 0.4) is 0 Å². The van der Waals surface area contributed by atoms with Crippen LogP contribution < -0.4 is 9.80 Å². The summed E-state index contributed by atoms with van der Waals surface area (Å²) in [4.78, 5) is 5.00. The molecular weight excluding hydrogens is 1040 g/mol. The van der Waals surface area contributed by atoms with Crippen LogP contribution in [-0.4, -0.2) is 0 Å². The van der Waals surface area contributed by atoms with Crippen LogP contribution in [0.1, 0.15) is 50.7 Å². The third-order valence-corrected chi connectivity index (χ3v) is 17.7. The van der Waals surface area contributed by atoms with E-state index in [0.717, 1.165) is 133 Å². The van der Waals surface area contributed by atoms with Crippen LogP contribution in [0.15, 0.2) is 288 Å². The molecule has 410 valence electrons. The van der Waals surface area contributed by atoms with Gasteiger partial charge in [-0.1, -0.05) is 234 Å². The van der Waals surface area contributed by atoms with Gasteiger partial charge in [-0.25, -0.2) is 0 Å². The van der Waals surface area contributed by atoms with Crippen LogP contribution in [0.2, 0.25) is 0 Å². The highest BCUT2D eigenvalue weighted by atomic mass is 16.3. The molecule has 2 heterocycles. The molecule has 0 aliphatic heterocycles. The first-order valence-electron chi connectivity index (χ1n) is 30.0. The van der Waals surface area contributed by atoms with Gasteiger partial charge in [0.2, 0.25) is 0 Å². The van der Waals surface area contributed by atoms with Gasteiger partial charge in [0, 0.05) is 43.7 Å². The molecule has 0 aliphatic carbocycles. The van der Waals surface area contributed by atoms with E-state index < -0.39 is 0 Å². The maximum absolute atomic E-state index is 7.08. The highest BCUT2D eigenvalue weighted by molar-refractivity contribution is 6.30. The van der Waals surface area contributed by atoms with E-state index in [1.54, 1.807) is 0 Å². The lowest BCUT2D eigenvalue weighted by molar-refractivity contribution is 0.668. The van der Waals surface area contributed by atoms with Crippen molar-refractivity contribution in [1.29, 1.82) is 0 Å². The van der Waals surface area contributed by atoms with Gasteiger partial charge in [0.1, 0.15) is 11.2 Å². The number of hydrogen-bond donors (Lipinski definition) is 0. The van der Waals surface area contributed by atoms with Crippen LogP contribution >= 0.6 is 0 Å². The van der Waals surface area contributed by atoms with E-state index >= 15 is 0 Å². The van der Waals surface area contributed by atoms with Gasteiger partial charge < -0.3 is 18.6 Å². The fourth-order valence-electron chi connectivity index (χ4n) is 13.6. The zero-order valence-corrected chi connectivity index (χ0v) is 48.4. The van der Waals surface area contributed by atoms with Crippen LogP contribution in [0, 0.1) is 0 Å². The second-order valence-corrected chi connectivity index (χ2v) is 23.5. The van der Waals surface area contributed by atoms with Crippen LogP contribution in [0.25, 0.3) is 121 Å². The molecule has 0 spiro atoms.